The van der Waals surface area contributed by atoms with E-state index in [9.17, 15) is 4.39 Å². The molecule has 5 heteroatoms. The molecule has 0 bridgehead atoms. The predicted molar refractivity (Wildman–Crippen MR) is 61.6 cm³/mol. The molecule has 84 valence electrons. The maximum atomic E-state index is 13.3. The monoisotopic (exact) mass is 237 g/mol. The summed E-state index contributed by atoms with van der Waals surface area (Å²) in [6.07, 6.45) is 0. The van der Waals surface area contributed by atoms with Crippen LogP contribution in [0.4, 0.5) is 4.39 Å². The molecule has 3 nitrogen and oxygen atoms in total. The van der Waals surface area contributed by atoms with Gasteiger partial charge in [0.05, 0.1) is 0 Å². The Morgan fingerprint density at radius 2 is 2.06 bits per heavy atom. The van der Waals surface area contributed by atoms with Gasteiger partial charge in [-0.15, -0.1) is 21.5 Å². The van der Waals surface area contributed by atoms with E-state index in [1.54, 1.807) is 23.5 Å². The Bertz CT molecular complexity index is 470. The van der Waals surface area contributed by atoms with E-state index in [2.05, 4.69) is 15.5 Å². The van der Waals surface area contributed by atoms with E-state index in [-0.39, 0.29) is 5.82 Å². The van der Waals surface area contributed by atoms with E-state index >= 15 is 0 Å². The van der Waals surface area contributed by atoms with Gasteiger partial charge in [0.25, 0.3) is 0 Å². The van der Waals surface area contributed by atoms with Crippen LogP contribution in [0.1, 0.15) is 15.6 Å². The molecule has 0 saturated heterocycles. The van der Waals surface area contributed by atoms with Crippen LogP contribution in [0.25, 0.3) is 0 Å². The molecule has 2 rings (SSSR count). The number of nitrogens with one attached hydrogen (secondary N) is 1. The Morgan fingerprint density at radius 1 is 1.25 bits per heavy atom. The van der Waals surface area contributed by atoms with Crippen molar-refractivity contribution in [2.75, 3.05) is 0 Å². The van der Waals surface area contributed by atoms with Crippen LogP contribution in [0.15, 0.2) is 24.3 Å². The number of rotatable bonds is 4. The number of nitrogens with zero attached hydrogens (tertiary/aromatic N) is 2. The van der Waals surface area contributed by atoms with Gasteiger partial charge in [-0.25, -0.2) is 4.39 Å². The minimum atomic E-state index is -0.177. The molecule has 0 atom stereocenters. The summed E-state index contributed by atoms with van der Waals surface area (Å²) in [6, 6.07) is 6.75. The Hall–Kier alpha value is -1.33. The van der Waals surface area contributed by atoms with Crippen LogP contribution in [0.5, 0.6) is 0 Å². The second kappa shape index (κ2) is 5.14. The molecule has 0 fully saturated rings. The summed E-state index contributed by atoms with van der Waals surface area (Å²) in [7, 11) is 0. The Morgan fingerprint density at radius 3 is 2.75 bits per heavy atom. The van der Waals surface area contributed by atoms with Gasteiger partial charge in [0, 0.05) is 18.7 Å². The summed E-state index contributed by atoms with van der Waals surface area (Å²) in [6.45, 7) is 3.04. The zero-order chi connectivity index (χ0) is 11.4. The average molecular weight is 237 g/mol. The predicted octanol–water partition coefficient (Wildman–Crippen LogP) is 2.28. The minimum Gasteiger partial charge on any atom is -0.306 e. The highest BCUT2D eigenvalue weighted by Gasteiger charge is 2.02. The molecule has 0 aliphatic heterocycles. The third-order valence-electron chi connectivity index (χ3n) is 2.12. The van der Waals surface area contributed by atoms with Crippen molar-refractivity contribution in [3.63, 3.8) is 0 Å². The topological polar surface area (TPSA) is 37.8 Å². The fraction of sp³-hybridized carbons (Fsp3) is 0.273. The van der Waals surface area contributed by atoms with Crippen LogP contribution in [-0.2, 0) is 13.1 Å². The van der Waals surface area contributed by atoms with Gasteiger partial charge in [-0.2, -0.15) is 0 Å². The SMILES string of the molecule is Cc1nnc(CNCc2ccccc2F)s1. The van der Waals surface area contributed by atoms with Crippen molar-refractivity contribution in [3.8, 4) is 0 Å². The van der Waals surface area contributed by atoms with E-state index in [4.69, 9.17) is 0 Å². The molecule has 16 heavy (non-hydrogen) atoms. The van der Waals surface area contributed by atoms with Gasteiger partial charge in [0.2, 0.25) is 0 Å². The summed E-state index contributed by atoms with van der Waals surface area (Å²) in [5.74, 6) is -0.177. The maximum Gasteiger partial charge on any atom is 0.131 e. The van der Waals surface area contributed by atoms with Crippen molar-refractivity contribution in [2.45, 2.75) is 20.0 Å². The second-order valence-electron chi connectivity index (χ2n) is 3.41. The molecule has 0 spiro atoms. The largest absolute Gasteiger partial charge is 0.306 e. The van der Waals surface area contributed by atoms with Gasteiger partial charge >= 0.3 is 0 Å². The molecule has 0 unspecified atom stereocenters. The number of hydrogen-bond donors (Lipinski definition) is 1. The molecule has 0 radical (unpaired) electrons. The van der Waals surface area contributed by atoms with Crippen LogP contribution < -0.4 is 5.32 Å². The van der Waals surface area contributed by atoms with Crippen LogP contribution >= 0.6 is 11.3 Å². The lowest BCUT2D eigenvalue weighted by atomic mass is 10.2. The maximum absolute atomic E-state index is 13.3. The minimum absolute atomic E-state index is 0.177. The first kappa shape index (κ1) is 11.2. The Balaban J connectivity index is 1.87. The molecular weight excluding hydrogens is 225 g/mol. The van der Waals surface area contributed by atoms with Gasteiger partial charge in [0.1, 0.15) is 15.8 Å². The zero-order valence-corrected chi connectivity index (χ0v) is 9.72. The number of benzene rings is 1. The molecule has 2 aromatic rings. The lowest BCUT2D eigenvalue weighted by Crippen LogP contribution is -2.13. The van der Waals surface area contributed by atoms with Crippen molar-refractivity contribution >= 4 is 11.3 Å². The van der Waals surface area contributed by atoms with Crippen molar-refractivity contribution in [1.29, 1.82) is 0 Å². The van der Waals surface area contributed by atoms with Crippen LogP contribution in [0.3, 0.4) is 0 Å². The number of aryl methyl sites for hydroxylation is 1. The summed E-state index contributed by atoms with van der Waals surface area (Å²) in [5, 5.41) is 12.9. The van der Waals surface area contributed by atoms with E-state index < -0.39 is 0 Å². The van der Waals surface area contributed by atoms with Crippen LogP contribution in [0, 0.1) is 12.7 Å². The van der Waals surface area contributed by atoms with E-state index in [1.165, 1.54) is 6.07 Å². The third-order valence-corrected chi connectivity index (χ3v) is 2.96. The zero-order valence-electron chi connectivity index (χ0n) is 8.90. The molecule has 1 N–H and O–H groups in total. The fourth-order valence-corrected chi connectivity index (χ4v) is 2.03. The fourth-order valence-electron chi connectivity index (χ4n) is 1.35. The summed E-state index contributed by atoms with van der Waals surface area (Å²) >= 11 is 1.55. The molecule has 0 saturated carbocycles. The Kier molecular flexibility index (Phi) is 3.58. The van der Waals surface area contributed by atoms with E-state index in [0.717, 1.165) is 10.0 Å². The summed E-state index contributed by atoms with van der Waals surface area (Å²) in [5.41, 5.74) is 0.670. The quantitative estimate of drug-likeness (QED) is 0.886. The highest BCUT2D eigenvalue weighted by Crippen LogP contribution is 2.09. The first-order valence-electron chi connectivity index (χ1n) is 4.99. The smallest absolute Gasteiger partial charge is 0.131 e. The summed E-state index contributed by atoms with van der Waals surface area (Å²) in [4.78, 5) is 0. The van der Waals surface area contributed by atoms with Crippen molar-refractivity contribution in [1.82, 2.24) is 15.5 Å². The van der Waals surface area contributed by atoms with Crippen molar-refractivity contribution in [2.24, 2.45) is 0 Å². The molecule has 1 aromatic carbocycles. The van der Waals surface area contributed by atoms with E-state index in [0.29, 0.717) is 18.7 Å². The highest BCUT2D eigenvalue weighted by atomic mass is 32.1. The molecule has 0 aliphatic rings. The first-order valence-corrected chi connectivity index (χ1v) is 5.80. The first-order chi connectivity index (χ1) is 7.75. The molecular formula is C11H12FN3S. The van der Waals surface area contributed by atoms with Gasteiger partial charge < -0.3 is 5.32 Å². The molecule has 1 aromatic heterocycles. The number of aromatic nitrogens is 2. The second-order valence-corrected chi connectivity index (χ2v) is 4.68. The molecule has 1 heterocycles. The van der Waals surface area contributed by atoms with Crippen molar-refractivity contribution < 1.29 is 4.39 Å². The third kappa shape index (κ3) is 2.84. The van der Waals surface area contributed by atoms with Gasteiger partial charge in [-0.3, -0.25) is 0 Å². The number of halogens is 1. The standard InChI is InChI=1S/C11H12FN3S/c1-8-14-15-11(16-8)7-13-6-9-4-2-3-5-10(9)12/h2-5,13H,6-7H2,1H3. The molecule has 0 aliphatic carbocycles. The van der Waals surface area contributed by atoms with Crippen molar-refractivity contribution in [3.05, 3.63) is 45.7 Å². The van der Waals surface area contributed by atoms with Gasteiger partial charge in [-0.1, -0.05) is 18.2 Å². The van der Waals surface area contributed by atoms with Gasteiger partial charge in [0.15, 0.2) is 0 Å². The van der Waals surface area contributed by atoms with Gasteiger partial charge in [-0.05, 0) is 13.0 Å². The van der Waals surface area contributed by atoms with E-state index in [1.807, 2.05) is 13.0 Å². The average Bonchev–Trinajstić information content (AvgIpc) is 2.67. The molecule has 0 amide bonds. The Labute approximate surface area is 97.3 Å². The number of hydrogen-bond acceptors (Lipinski definition) is 4. The normalized spacial score (nSPS) is 10.6. The lowest BCUT2D eigenvalue weighted by molar-refractivity contribution is 0.587. The highest BCUT2D eigenvalue weighted by molar-refractivity contribution is 7.11. The van der Waals surface area contributed by atoms with Crippen LogP contribution in [-0.4, -0.2) is 10.2 Å². The lowest BCUT2D eigenvalue weighted by Gasteiger charge is -2.03. The summed E-state index contributed by atoms with van der Waals surface area (Å²) < 4.78 is 13.3. The van der Waals surface area contributed by atoms with Crippen LogP contribution in [0.2, 0.25) is 0 Å².